The number of hydrogen-bond acceptors (Lipinski definition) is 0. The Labute approximate surface area is 99.9 Å². The lowest BCUT2D eigenvalue weighted by Gasteiger charge is -2.06. The second-order valence-electron chi connectivity index (χ2n) is 4.12. The fourth-order valence-electron chi connectivity index (χ4n) is 1.79. The van der Waals surface area contributed by atoms with Crippen molar-refractivity contribution in [1.29, 1.82) is 0 Å². The number of rotatable bonds is 2. The molecule has 0 bridgehead atoms. The molecule has 0 aromatic heterocycles. The van der Waals surface area contributed by atoms with Crippen LogP contribution < -0.4 is 0 Å². The van der Waals surface area contributed by atoms with Gasteiger partial charge in [-0.3, -0.25) is 0 Å². The summed E-state index contributed by atoms with van der Waals surface area (Å²) in [6, 6.07) is 9.99. The van der Waals surface area contributed by atoms with Crippen LogP contribution in [0.25, 0.3) is 11.1 Å². The largest absolute Gasteiger partial charge is 0.207 e. The van der Waals surface area contributed by atoms with E-state index in [1.54, 1.807) is 25.1 Å². The first-order valence-electron chi connectivity index (χ1n) is 5.66. The van der Waals surface area contributed by atoms with Crippen molar-refractivity contribution in [3.05, 3.63) is 59.2 Å². The van der Waals surface area contributed by atoms with E-state index in [2.05, 4.69) is 0 Å². The molecule has 0 nitrogen and oxygen atoms in total. The zero-order chi connectivity index (χ0) is 12.4. The minimum absolute atomic E-state index is 0.231. The molecule has 0 aliphatic heterocycles. The Morgan fingerprint density at radius 1 is 0.882 bits per heavy atom. The van der Waals surface area contributed by atoms with Crippen molar-refractivity contribution < 1.29 is 8.78 Å². The van der Waals surface area contributed by atoms with Crippen molar-refractivity contribution in [3.63, 3.8) is 0 Å². The molecule has 2 heteroatoms. The predicted octanol–water partition coefficient (Wildman–Crippen LogP) is 4.50. The van der Waals surface area contributed by atoms with Gasteiger partial charge in [0.05, 0.1) is 0 Å². The summed E-state index contributed by atoms with van der Waals surface area (Å²) < 4.78 is 27.0. The maximum Gasteiger partial charge on any atom is 0.127 e. The molecule has 2 aromatic rings. The van der Waals surface area contributed by atoms with Crippen LogP contribution in [0.2, 0.25) is 0 Å². The Bertz CT molecular complexity index is 545. The summed E-state index contributed by atoms with van der Waals surface area (Å²) in [4.78, 5) is 0. The number of hydrogen-bond donors (Lipinski definition) is 0. The standard InChI is InChI=1S/C15H14F2/c1-3-11-6-7-13(9-15(11)17)12-5-4-10(2)14(16)8-12/h4-9H,3H2,1-2H3. The van der Waals surface area contributed by atoms with Crippen LogP contribution in [-0.4, -0.2) is 0 Å². The highest BCUT2D eigenvalue weighted by Crippen LogP contribution is 2.24. The fourth-order valence-corrected chi connectivity index (χ4v) is 1.79. The van der Waals surface area contributed by atoms with Gasteiger partial charge in [-0.25, -0.2) is 8.78 Å². The van der Waals surface area contributed by atoms with Crippen molar-refractivity contribution in [2.24, 2.45) is 0 Å². The quantitative estimate of drug-likeness (QED) is 0.715. The predicted molar refractivity (Wildman–Crippen MR) is 65.9 cm³/mol. The Morgan fingerprint density at radius 2 is 1.47 bits per heavy atom. The van der Waals surface area contributed by atoms with E-state index < -0.39 is 0 Å². The molecule has 0 heterocycles. The van der Waals surface area contributed by atoms with Gasteiger partial charge in [0.25, 0.3) is 0 Å². The van der Waals surface area contributed by atoms with Crippen molar-refractivity contribution in [2.45, 2.75) is 20.3 Å². The van der Waals surface area contributed by atoms with E-state index in [9.17, 15) is 8.78 Å². The molecule has 0 amide bonds. The SMILES string of the molecule is CCc1ccc(-c2ccc(C)c(F)c2)cc1F. The number of aryl methyl sites for hydroxylation is 2. The van der Waals surface area contributed by atoms with Crippen LogP contribution in [0.1, 0.15) is 18.1 Å². The molecule has 0 spiro atoms. The molecule has 0 radical (unpaired) electrons. The second-order valence-corrected chi connectivity index (χ2v) is 4.12. The van der Waals surface area contributed by atoms with Crippen LogP contribution in [0.15, 0.2) is 36.4 Å². The lowest BCUT2D eigenvalue weighted by Crippen LogP contribution is -1.90. The van der Waals surface area contributed by atoms with Gasteiger partial charge < -0.3 is 0 Å². The van der Waals surface area contributed by atoms with Crippen molar-refractivity contribution >= 4 is 0 Å². The lowest BCUT2D eigenvalue weighted by atomic mass is 10.0. The molecule has 0 N–H and O–H groups in total. The zero-order valence-corrected chi connectivity index (χ0v) is 9.93. The van der Waals surface area contributed by atoms with Gasteiger partial charge in [0.15, 0.2) is 0 Å². The van der Waals surface area contributed by atoms with E-state index in [0.717, 1.165) is 0 Å². The number of halogens is 2. The van der Waals surface area contributed by atoms with Gasteiger partial charge in [0.1, 0.15) is 11.6 Å². The smallest absolute Gasteiger partial charge is 0.127 e. The van der Waals surface area contributed by atoms with Crippen LogP contribution in [0.5, 0.6) is 0 Å². The molecule has 0 aliphatic carbocycles. The van der Waals surface area contributed by atoms with E-state index in [4.69, 9.17) is 0 Å². The normalized spacial score (nSPS) is 10.6. The highest BCUT2D eigenvalue weighted by Gasteiger charge is 2.05. The topological polar surface area (TPSA) is 0 Å². The molecular formula is C15H14F2. The molecule has 17 heavy (non-hydrogen) atoms. The van der Waals surface area contributed by atoms with E-state index in [-0.39, 0.29) is 11.6 Å². The van der Waals surface area contributed by atoms with E-state index >= 15 is 0 Å². The van der Waals surface area contributed by atoms with Crippen molar-refractivity contribution in [1.82, 2.24) is 0 Å². The Kier molecular flexibility index (Phi) is 3.23. The Hall–Kier alpha value is -1.70. The van der Waals surface area contributed by atoms with Crippen LogP contribution in [0, 0.1) is 18.6 Å². The minimum Gasteiger partial charge on any atom is -0.207 e. The van der Waals surface area contributed by atoms with Gasteiger partial charge in [0, 0.05) is 0 Å². The molecule has 0 saturated carbocycles. The first-order chi connectivity index (χ1) is 8.11. The molecule has 2 aromatic carbocycles. The molecular weight excluding hydrogens is 218 g/mol. The molecule has 0 fully saturated rings. The third kappa shape index (κ3) is 2.36. The van der Waals surface area contributed by atoms with Gasteiger partial charge in [-0.05, 0) is 47.7 Å². The molecule has 2 rings (SSSR count). The summed E-state index contributed by atoms with van der Waals surface area (Å²) in [7, 11) is 0. The van der Waals surface area contributed by atoms with Gasteiger partial charge in [-0.1, -0.05) is 31.2 Å². The first kappa shape index (κ1) is 11.8. The molecule has 88 valence electrons. The van der Waals surface area contributed by atoms with E-state index in [0.29, 0.717) is 28.7 Å². The van der Waals surface area contributed by atoms with Crippen LogP contribution in [-0.2, 0) is 6.42 Å². The fraction of sp³-hybridized carbons (Fsp3) is 0.200. The summed E-state index contributed by atoms with van der Waals surface area (Å²) >= 11 is 0. The van der Waals surface area contributed by atoms with Crippen LogP contribution in [0.3, 0.4) is 0 Å². The van der Waals surface area contributed by atoms with Crippen molar-refractivity contribution in [2.75, 3.05) is 0 Å². The number of benzene rings is 2. The Balaban J connectivity index is 2.46. The Morgan fingerprint density at radius 3 is 2.00 bits per heavy atom. The van der Waals surface area contributed by atoms with Crippen LogP contribution >= 0.6 is 0 Å². The third-order valence-corrected chi connectivity index (χ3v) is 2.94. The highest BCUT2D eigenvalue weighted by molar-refractivity contribution is 5.64. The third-order valence-electron chi connectivity index (χ3n) is 2.94. The maximum absolute atomic E-state index is 13.6. The summed E-state index contributed by atoms with van der Waals surface area (Å²) in [5.41, 5.74) is 2.69. The zero-order valence-electron chi connectivity index (χ0n) is 9.93. The minimum atomic E-state index is -0.262. The van der Waals surface area contributed by atoms with Gasteiger partial charge in [-0.2, -0.15) is 0 Å². The molecule has 0 saturated heterocycles. The first-order valence-corrected chi connectivity index (χ1v) is 5.66. The lowest BCUT2D eigenvalue weighted by molar-refractivity contribution is 0.612. The van der Waals surface area contributed by atoms with Gasteiger partial charge in [-0.15, -0.1) is 0 Å². The summed E-state index contributed by atoms with van der Waals surface area (Å²) in [6.07, 6.45) is 0.661. The average Bonchev–Trinajstić information content (AvgIpc) is 2.32. The monoisotopic (exact) mass is 232 g/mol. The van der Waals surface area contributed by atoms with Crippen LogP contribution in [0.4, 0.5) is 8.78 Å². The van der Waals surface area contributed by atoms with Gasteiger partial charge in [0.2, 0.25) is 0 Å². The van der Waals surface area contributed by atoms with Crippen molar-refractivity contribution in [3.8, 4) is 11.1 Å². The summed E-state index contributed by atoms with van der Waals surface area (Å²) in [5.74, 6) is -0.492. The summed E-state index contributed by atoms with van der Waals surface area (Å²) in [5, 5.41) is 0. The molecule has 0 unspecified atom stereocenters. The average molecular weight is 232 g/mol. The highest BCUT2D eigenvalue weighted by atomic mass is 19.1. The van der Waals surface area contributed by atoms with E-state index in [1.165, 1.54) is 12.1 Å². The molecule has 0 aliphatic rings. The van der Waals surface area contributed by atoms with Gasteiger partial charge >= 0.3 is 0 Å². The molecule has 0 atom stereocenters. The maximum atomic E-state index is 13.6. The second kappa shape index (κ2) is 4.66. The summed E-state index contributed by atoms with van der Waals surface area (Å²) in [6.45, 7) is 3.61. The van der Waals surface area contributed by atoms with E-state index in [1.807, 2.05) is 13.0 Å².